The second-order valence-corrected chi connectivity index (χ2v) is 11.1. The lowest BCUT2D eigenvalue weighted by Crippen LogP contribution is -2.49. The largest absolute Gasteiger partial charge is 0.444 e. The molecule has 2 aromatic heterocycles. The molecule has 2 aliphatic rings. The second kappa shape index (κ2) is 9.91. The van der Waals surface area contributed by atoms with E-state index in [0.29, 0.717) is 12.0 Å². The van der Waals surface area contributed by atoms with Gasteiger partial charge in [0.05, 0.1) is 28.6 Å². The SMILES string of the molecule is CC(C)(C)OC(=O)N1CCC2(CC1)CCN(c1ccncc1NCc1ccc3nccnc3c1)CC2. The van der Waals surface area contributed by atoms with E-state index in [1.807, 2.05) is 44.1 Å². The molecule has 0 saturated carbocycles. The number of benzene rings is 1. The molecule has 0 unspecified atom stereocenters. The molecule has 3 aromatic rings. The van der Waals surface area contributed by atoms with Gasteiger partial charge in [-0.25, -0.2) is 4.79 Å². The number of carbonyl (C=O) groups is 1. The molecule has 2 fully saturated rings. The van der Waals surface area contributed by atoms with E-state index in [2.05, 4.69) is 43.4 Å². The van der Waals surface area contributed by atoms with Gasteiger partial charge in [0.2, 0.25) is 0 Å². The normalized spacial score (nSPS) is 17.9. The number of hydrogen-bond acceptors (Lipinski definition) is 7. The van der Waals surface area contributed by atoms with Crippen molar-refractivity contribution in [2.75, 3.05) is 36.4 Å². The van der Waals surface area contributed by atoms with Gasteiger partial charge in [-0.05, 0) is 75.6 Å². The molecule has 1 aromatic carbocycles. The first-order chi connectivity index (χ1) is 17.3. The summed E-state index contributed by atoms with van der Waals surface area (Å²) in [5, 5.41) is 3.59. The van der Waals surface area contributed by atoms with Gasteiger partial charge in [0.15, 0.2) is 0 Å². The molecule has 5 rings (SSSR count). The molecular formula is C28H36N6O2. The van der Waals surface area contributed by atoms with Gasteiger partial charge in [0.25, 0.3) is 0 Å². The lowest BCUT2D eigenvalue weighted by molar-refractivity contribution is 0.00666. The van der Waals surface area contributed by atoms with E-state index >= 15 is 0 Å². The highest BCUT2D eigenvalue weighted by Crippen LogP contribution is 2.43. The number of nitrogens with zero attached hydrogens (tertiary/aromatic N) is 5. The van der Waals surface area contributed by atoms with Crippen LogP contribution in [0.2, 0.25) is 0 Å². The number of rotatable bonds is 4. The Hall–Kier alpha value is -3.42. The first-order valence-corrected chi connectivity index (χ1v) is 12.9. The minimum atomic E-state index is -0.448. The molecule has 190 valence electrons. The van der Waals surface area contributed by atoms with Crippen molar-refractivity contribution in [3.63, 3.8) is 0 Å². The number of pyridine rings is 1. The molecule has 2 aliphatic heterocycles. The maximum atomic E-state index is 12.5. The Morgan fingerprint density at radius 2 is 1.67 bits per heavy atom. The predicted molar refractivity (Wildman–Crippen MR) is 142 cm³/mol. The Balaban J connectivity index is 1.18. The average molecular weight is 489 g/mol. The van der Waals surface area contributed by atoms with Gasteiger partial charge in [-0.3, -0.25) is 15.0 Å². The van der Waals surface area contributed by atoms with Crippen LogP contribution in [0.4, 0.5) is 16.2 Å². The number of amides is 1. The maximum absolute atomic E-state index is 12.5. The van der Waals surface area contributed by atoms with E-state index in [0.717, 1.165) is 74.1 Å². The molecule has 2 saturated heterocycles. The average Bonchev–Trinajstić information content (AvgIpc) is 2.87. The molecule has 8 heteroatoms. The summed E-state index contributed by atoms with van der Waals surface area (Å²) in [6.07, 6.45) is 11.4. The maximum Gasteiger partial charge on any atom is 0.410 e. The Morgan fingerprint density at radius 1 is 0.972 bits per heavy atom. The Labute approximate surface area is 213 Å². The first-order valence-electron chi connectivity index (χ1n) is 12.9. The summed E-state index contributed by atoms with van der Waals surface area (Å²) in [4.78, 5) is 30.0. The number of carbonyl (C=O) groups excluding carboxylic acids is 1. The van der Waals surface area contributed by atoms with Crippen LogP contribution in [0, 0.1) is 5.41 Å². The highest BCUT2D eigenvalue weighted by Gasteiger charge is 2.39. The zero-order valence-electron chi connectivity index (χ0n) is 21.5. The smallest absolute Gasteiger partial charge is 0.410 e. The minimum absolute atomic E-state index is 0.180. The quantitative estimate of drug-likeness (QED) is 0.537. The first kappa shape index (κ1) is 24.3. The van der Waals surface area contributed by atoms with Crippen LogP contribution in [0.3, 0.4) is 0 Å². The molecule has 36 heavy (non-hydrogen) atoms. The number of aromatic nitrogens is 3. The molecule has 0 radical (unpaired) electrons. The van der Waals surface area contributed by atoms with Gasteiger partial charge < -0.3 is 19.9 Å². The van der Waals surface area contributed by atoms with Gasteiger partial charge in [0.1, 0.15) is 5.60 Å². The predicted octanol–water partition coefficient (Wildman–Crippen LogP) is 5.25. The van der Waals surface area contributed by atoms with Crippen LogP contribution in [0.15, 0.2) is 49.1 Å². The highest BCUT2D eigenvalue weighted by molar-refractivity contribution is 5.75. The van der Waals surface area contributed by atoms with E-state index in [1.165, 1.54) is 5.69 Å². The summed E-state index contributed by atoms with van der Waals surface area (Å²) in [5.41, 5.74) is 5.09. The summed E-state index contributed by atoms with van der Waals surface area (Å²) < 4.78 is 5.58. The van der Waals surface area contributed by atoms with Crippen LogP contribution in [0.1, 0.15) is 52.0 Å². The summed E-state index contributed by atoms with van der Waals surface area (Å²) in [6, 6.07) is 8.30. The molecular weight excluding hydrogens is 452 g/mol. The minimum Gasteiger partial charge on any atom is -0.444 e. The lowest BCUT2D eigenvalue weighted by Gasteiger charge is -2.47. The highest BCUT2D eigenvalue weighted by atomic mass is 16.6. The number of nitrogens with one attached hydrogen (secondary N) is 1. The topological polar surface area (TPSA) is 83.5 Å². The molecule has 1 N–H and O–H groups in total. The standard InChI is InChI=1S/C28H36N6O2/c1-27(2,3)36-26(35)34-16-9-28(10-17-34)7-14-33(15-8-28)25-6-11-29-20-24(25)32-19-21-4-5-22-23(18-21)31-13-12-30-22/h4-6,11-13,18,20,32H,7-10,14-17,19H2,1-3H3. The summed E-state index contributed by atoms with van der Waals surface area (Å²) in [5.74, 6) is 0. The van der Waals surface area contributed by atoms with E-state index in [-0.39, 0.29) is 6.09 Å². The van der Waals surface area contributed by atoms with E-state index in [9.17, 15) is 4.79 Å². The fourth-order valence-electron chi connectivity index (χ4n) is 5.33. The fraction of sp³-hybridized carbons (Fsp3) is 0.500. The van der Waals surface area contributed by atoms with E-state index in [4.69, 9.17) is 4.74 Å². The molecule has 0 aliphatic carbocycles. The van der Waals surface area contributed by atoms with Crippen molar-refractivity contribution in [1.82, 2.24) is 19.9 Å². The second-order valence-electron chi connectivity index (χ2n) is 11.1. The van der Waals surface area contributed by atoms with Crippen molar-refractivity contribution in [3.05, 3.63) is 54.6 Å². The zero-order valence-corrected chi connectivity index (χ0v) is 21.5. The van der Waals surface area contributed by atoms with Crippen molar-refractivity contribution in [2.24, 2.45) is 5.41 Å². The monoisotopic (exact) mass is 488 g/mol. The number of ether oxygens (including phenoxy) is 1. The molecule has 0 atom stereocenters. The van der Waals surface area contributed by atoms with Gasteiger partial charge in [-0.1, -0.05) is 6.07 Å². The van der Waals surface area contributed by atoms with E-state index < -0.39 is 5.60 Å². The van der Waals surface area contributed by atoms with Crippen LogP contribution >= 0.6 is 0 Å². The number of fused-ring (bicyclic) bond motifs is 1. The zero-order chi connectivity index (χ0) is 25.2. The number of piperidine rings is 2. The Morgan fingerprint density at radius 3 is 2.39 bits per heavy atom. The summed E-state index contributed by atoms with van der Waals surface area (Å²) >= 11 is 0. The summed E-state index contributed by atoms with van der Waals surface area (Å²) in [7, 11) is 0. The fourth-order valence-corrected chi connectivity index (χ4v) is 5.33. The van der Waals surface area contributed by atoms with Gasteiger partial charge in [0, 0.05) is 51.3 Å². The third kappa shape index (κ3) is 5.53. The van der Waals surface area contributed by atoms with Crippen molar-refractivity contribution in [1.29, 1.82) is 0 Å². The Bertz CT molecular complexity index is 1210. The van der Waals surface area contributed by atoms with Crippen LogP contribution in [-0.2, 0) is 11.3 Å². The van der Waals surface area contributed by atoms with Crippen molar-refractivity contribution >= 4 is 28.5 Å². The van der Waals surface area contributed by atoms with Gasteiger partial charge in [-0.2, -0.15) is 0 Å². The van der Waals surface area contributed by atoms with Gasteiger partial charge in [-0.15, -0.1) is 0 Å². The number of hydrogen-bond donors (Lipinski definition) is 1. The van der Waals surface area contributed by atoms with Crippen LogP contribution in [0.5, 0.6) is 0 Å². The van der Waals surface area contributed by atoms with Crippen LogP contribution < -0.4 is 10.2 Å². The third-order valence-corrected chi connectivity index (χ3v) is 7.46. The number of anilines is 2. The van der Waals surface area contributed by atoms with Crippen molar-refractivity contribution in [2.45, 2.75) is 58.6 Å². The molecule has 1 spiro atoms. The Kier molecular flexibility index (Phi) is 6.69. The molecule has 1 amide bonds. The van der Waals surface area contributed by atoms with E-state index in [1.54, 1.807) is 12.4 Å². The van der Waals surface area contributed by atoms with Crippen molar-refractivity contribution in [3.8, 4) is 0 Å². The molecule has 0 bridgehead atoms. The molecule has 4 heterocycles. The van der Waals surface area contributed by atoms with Crippen molar-refractivity contribution < 1.29 is 9.53 Å². The lowest BCUT2D eigenvalue weighted by atomic mass is 9.71. The summed E-state index contributed by atoms with van der Waals surface area (Å²) in [6.45, 7) is 10.1. The third-order valence-electron chi connectivity index (χ3n) is 7.46. The molecule has 8 nitrogen and oxygen atoms in total. The van der Waals surface area contributed by atoms with Gasteiger partial charge >= 0.3 is 6.09 Å². The van der Waals surface area contributed by atoms with Crippen LogP contribution in [0.25, 0.3) is 11.0 Å². The van der Waals surface area contributed by atoms with Crippen LogP contribution in [-0.4, -0.2) is 57.7 Å². The number of likely N-dealkylation sites (tertiary alicyclic amines) is 1.